The van der Waals surface area contributed by atoms with Crippen molar-refractivity contribution in [2.75, 3.05) is 46.4 Å². The van der Waals surface area contributed by atoms with E-state index >= 15 is 0 Å². The average molecular weight is 258 g/mol. The van der Waals surface area contributed by atoms with E-state index in [-0.39, 0.29) is 18.5 Å². The Balaban J connectivity index is 2.20. The largest absolute Gasteiger partial charge is 0.383 e. The van der Waals surface area contributed by atoms with Crippen molar-refractivity contribution in [2.45, 2.75) is 13.0 Å². The summed E-state index contributed by atoms with van der Waals surface area (Å²) in [5.74, 6) is -0.279. The van der Waals surface area contributed by atoms with Crippen LogP contribution in [0, 0.1) is 0 Å². The number of ether oxygens (including phenoxy) is 1. The van der Waals surface area contributed by atoms with E-state index in [1.54, 1.807) is 7.11 Å². The van der Waals surface area contributed by atoms with Crippen LogP contribution >= 0.6 is 0 Å². The number of nitrogens with zero attached hydrogens (tertiary/aromatic N) is 1. The molecule has 0 aliphatic carbocycles. The quantitative estimate of drug-likeness (QED) is 0.574. The number of carbonyl (C=O) groups is 2. The number of methoxy groups -OCH3 is 1. The zero-order chi connectivity index (χ0) is 13.4. The summed E-state index contributed by atoms with van der Waals surface area (Å²) in [7, 11) is 1.56. The molecule has 3 amide bonds. The van der Waals surface area contributed by atoms with E-state index in [4.69, 9.17) is 4.74 Å². The molecule has 1 saturated heterocycles. The van der Waals surface area contributed by atoms with Crippen molar-refractivity contribution in [1.82, 2.24) is 20.9 Å². The van der Waals surface area contributed by atoms with Crippen molar-refractivity contribution in [2.24, 2.45) is 0 Å². The van der Waals surface area contributed by atoms with Crippen LogP contribution in [0.4, 0.5) is 4.79 Å². The molecule has 1 fully saturated rings. The second kappa shape index (κ2) is 8.02. The Kier molecular flexibility index (Phi) is 6.63. The molecule has 1 rings (SSSR count). The summed E-state index contributed by atoms with van der Waals surface area (Å²) in [6.07, 6.45) is 0. The van der Waals surface area contributed by atoms with Gasteiger partial charge in [0.25, 0.3) is 0 Å². The summed E-state index contributed by atoms with van der Waals surface area (Å²) in [5.41, 5.74) is 0. The number of imide groups is 1. The van der Waals surface area contributed by atoms with Gasteiger partial charge >= 0.3 is 6.03 Å². The van der Waals surface area contributed by atoms with Crippen LogP contribution in [0.2, 0.25) is 0 Å². The van der Waals surface area contributed by atoms with Crippen LogP contribution in [0.5, 0.6) is 0 Å². The SMILES string of the molecule is COCC(C)NC(=O)NC(=O)CN1CCNCC1. The standard InChI is InChI=1S/C11H22N4O3/c1-9(8-18-2)13-11(17)14-10(16)7-15-5-3-12-4-6-15/h9,12H,3-8H2,1-2H3,(H2,13,14,16,17). The Morgan fingerprint density at radius 2 is 2.06 bits per heavy atom. The van der Waals surface area contributed by atoms with Gasteiger partial charge in [0, 0.05) is 33.3 Å². The van der Waals surface area contributed by atoms with Gasteiger partial charge in [0.1, 0.15) is 0 Å². The fourth-order valence-corrected chi connectivity index (χ4v) is 1.79. The average Bonchev–Trinajstić information content (AvgIpc) is 2.29. The summed E-state index contributed by atoms with van der Waals surface area (Å²) >= 11 is 0. The van der Waals surface area contributed by atoms with Gasteiger partial charge in [-0.1, -0.05) is 0 Å². The molecule has 0 saturated carbocycles. The van der Waals surface area contributed by atoms with Gasteiger partial charge in [-0.05, 0) is 6.92 Å². The maximum absolute atomic E-state index is 11.6. The van der Waals surface area contributed by atoms with Gasteiger partial charge in [0.15, 0.2) is 0 Å². The van der Waals surface area contributed by atoms with Crippen LogP contribution in [-0.4, -0.2) is 69.3 Å². The molecule has 1 aliphatic heterocycles. The van der Waals surface area contributed by atoms with Crippen molar-refractivity contribution in [3.05, 3.63) is 0 Å². The summed E-state index contributed by atoms with van der Waals surface area (Å²) < 4.78 is 4.89. The lowest BCUT2D eigenvalue weighted by Gasteiger charge is -2.26. The lowest BCUT2D eigenvalue weighted by molar-refractivity contribution is -0.121. The first kappa shape index (κ1) is 14.9. The molecule has 18 heavy (non-hydrogen) atoms. The fourth-order valence-electron chi connectivity index (χ4n) is 1.79. The van der Waals surface area contributed by atoms with Gasteiger partial charge in [-0.15, -0.1) is 0 Å². The van der Waals surface area contributed by atoms with Crippen molar-refractivity contribution >= 4 is 11.9 Å². The fraction of sp³-hybridized carbons (Fsp3) is 0.818. The van der Waals surface area contributed by atoms with Crippen LogP contribution in [0.25, 0.3) is 0 Å². The van der Waals surface area contributed by atoms with Crippen LogP contribution < -0.4 is 16.0 Å². The molecule has 0 radical (unpaired) electrons. The lowest BCUT2D eigenvalue weighted by atomic mass is 10.3. The van der Waals surface area contributed by atoms with E-state index in [1.807, 2.05) is 11.8 Å². The Bertz CT molecular complexity index is 279. The smallest absolute Gasteiger partial charge is 0.321 e. The minimum absolute atomic E-state index is 0.123. The second-order valence-corrected chi connectivity index (χ2v) is 4.40. The number of piperazine rings is 1. The van der Waals surface area contributed by atoms with E-state index in [0.717, 1.165) is 26.2 Å². The number of urea groups is 1. The van der Waals surface area contributed by atoms with Crippen molar-refractivity contribution in [3.8, 4) is 0 Å². The van der Waals surface area contributed by atoms with Crippen LogP contribution in [0.1, 0.15) is 6.92 Å². The molecule has 0 spiro atoms. The summed E-state index contributed by atoms with van der Waals surface area (Å²) in [6.45, 7) is 5.90. The number of hydrogen-bond donors (Lipinski definition) is 3. The van der Waals surface area contributed by atoms with Gasteiger partial charge < -0.3 is 15.4 Å². The van der Waals surface area contributed by atoms with E-state index in [1.165, 1.54) is 0 Å². The topological polar surface area (TPSA) is 82.7 Å². The van der Waals surface area contributed by atoms with E-state index < -0.39 is 6.03 Å². The normalized spacial score (nSPS) is 18.1. The van der Waals surface area contributed by atoms with Crippen LogP contribution in [0.15, 0.2) is 0 Å². The highest BCUT2D eigenvalue weighted by atomic mass is 16.5. The molecule has 3 N–H and O–H groups in total. The third-order valence-corrected chi connectivity index (χ3v) is 2.62. The number of nitrogens with one attached hydrogen (secondary N) is 3. The van der Waals surface area contributed by atoms with E-state index in [0.29, 0.717) is 6.61 Å². The van der Waals surface area contributed by atoms with Gasteiger partial charge in [-0.25, -0.2) is 4.79 Å². The van der Waals surface area contributed by atoms with Crippen molar-refractivity contribution in [3.63, 3.8) is 0 Å². The summed E-state index contributed by atoms with van der Waals surface area (Å²) in [4.78, 5) is 25.1. The van der Waals surface area contributed by atoms with Crippen molar-refractivity contribution in [1.29, 1.82) is 0 Å². The first-order chi connectivity index (χ1) is 8.61. The Morgan fingerprint density at radius 1 is 1.39 bits per heavy atom. The van der Waals surface area contributed by atoms with Crippen LogP contribution in [-0.2, 0) is 9.53 Å². The third kappa shape index (κ3) is 5.95. The highest BCUT2D eigenvalue weighted by Gasteiger charge is 2.15. The molecule has 7 nitrogen and oxygen atoms in total. The third-order valence-electron chi connectivity index (χ3n) is 2.62. The molecule has 0 aromatic heterocycles. The highest BCUT2D eigenvalue weighted by molar-refractivity contribution is 5.95. The van der Waals surface area contributed by atoms with Gasteiger partial charge in [-0.3, -0.25) is 15.0 Å². The minimum atomic E-state index is -0.473. The zero-order valence-corrected chi connectivity index (χ0v) is 11.0. The molecule has 1 aliphatic rings. The number of rotatable bonds is 5. The monoisotopic (exact) mass is 258 g/mol. The van der Waals surface area contributed by atoms with E-state index in [9.17, 15) is 9.59 Å². The zero-order valence-electron chi connectivity index (χ0n) is 11.0. The maximum atomic E-state index is 11.6. The molecule has 0 aromatic rings. The first-order valence-corrected chi connectivity index (χ1v) is 6.14. The molecule has 1 heterocycles. The van der Waals surface area contributed by atoms with Crippen LogP contribution in [0.3, 0.4) is 0 Å². The molecular formula is C11H22N4O3. The second-order valence-electron chi connectivity index (χ2n) is 4.40. The Morgan fingerprint density at radius 3 is 2.67 bits per heavy atom. The predicted octanol–water partition coefficient (Wildman–Crippen LogP) is -1.25. The van der Waals surface area contributed by atoms with Gasteiger partial charge in [0.05, 0.1) is 19.2 Å². The Labute approximate surface area is 107 Å². The molecule has 1 unspecified atom stereocenters. The lowest BCUT2D eigenvalue weighted by Crippen LogP contribution is -2.51. The molecule has 1 atom stereocenters. The number of carbonyl (C=O) groups excluding carboxylic acids is 2. The summed E-state index contributed by atoms with van der Waals surface area (Å²) in [5, 5.41) is 8.13. The molecule has 104 valence electrons. The van der Waals surface area contributed by atoms with Gasteiger partial charge in [-0.2, -0.15) is 0 Å². The molecule has 7 heteroatoms. The Hall–Kier alpha value is -1.18. The number of amides is 3. The molecule has 0 bridgehead atoms. The molecule has 0 aromatic carbocycles. The first-order valence-electron chi connectivity index (χ1n) is 6.14. The van der Waals surface area contributed by atoms with E-state index in [2.05, 4.69) is 16.0 Å². The summed E-state index contributed by atoms with van der Waals surface area (Å²) in [6, 6.07) is -0.596. The molecular weight excluding hydrogens is 236 g/mol. The maximum Gasteiger partial charge on any atom is 0.321 e. The minimum Gasteiger partial charge on any atom is -0.383 e. The highest BCUT2D eigenvalue weighted by Crippen LogP contribution is 1.91. The predicted molar refractivity (Wildman–Crippen MR) is 67.3 cm³/mol. The number of hydrogen-bond acceptors (Lipinski definition) is 5. The van der Waals surface area contributed by atoms with Gasteiger partial charge in [0.2, 0.25) is 5.91 Å². The van der Waals surface area contributed by atoms with Crippen molar-refractivity contribution < 1.29 is 14.3 Å².